The average molecular weight is 453 g/mol. The maximum Gasteiger partial charge on any atom is 0.333 e. The summed E-state index contributed by atoms with van der Waals surface area (Å²) in [6, 6.07) is 0. The van der Waals surface area contributed by atoms with Gasteiger partial charge in [-0.25, -0.2) is 9.59 Å². The Hall–Kier alpha value is -1.70. The molecule has 7 heteroatoms. The minimum absolute atomic E-state index is 0.0944. The van der Waals surface area contributed by atoms with Gasteiger partial charge in [0.1, 0.15) is 18.3 Å². The highest BCUT2D eigenvalue weighted by molar-refractivity contribution is 5.88. The summed E-state index contributed by atoms with van der Waals surface area (Å²) in [6.07, 6.45) is 0.591. The number of esters is 2. The van der Waals surface area contributed by atoms with Crippen LogP contribution in [0.15, 0.2) is 23.3 Å². The highest BCUT2D eigenvalue weighted by atomic mass is 16.6. The highest BCUT2D eigenvalue weighted by Gasteiger charge is 2.67. The average Bonchev–Trinajstić information content (AvgIpc) is 2.98. The van der Waals surface area contributed by atoms with E-state index in [1.165, 1.54) is 6.92 Å². The van der Waals surface area contributed by atoms with Gasteiger partial charge in [-0.3, -0.25) is 0 Å². The second-order valence-electron chi connectivity index (χ2n) is 10.3. The summed E-state index contributed by atoms with van der Waals surface area (Å²) in [7, 11) is 0. The predicted molar refractivity (Wildman–Crippen MR) is 120 cm³/mol. The van der Waals surface area contributed by atoms with Crippen molar-refractivity contribution < 1.29 is 34.4 Å². The molecule has 0 aliphatic heterocycles. The maximum absolute atomic E-state index is 12.7. The molecule has 2 saturated carbocycles. The third-order valence-electron chi connectivity index (χ3n) is 7.88. The number of rotatable bonds is 5. The monoisotopic (exact) mass is 452 g/mol. The Morgan fingerprint density at radius 2 is 1.47 bits per heavy atom. The molecule has 7 atom stereocenters. The molecule has 32 heavy (non-hydrogen) atoms. The Morgan fingerprint density at radius 3 is 1.94 bits per heavy atom. The van der Waals surface area contributed by atoms with E-state index in [1.807, 2.05) is 20.8 Å². The van der Waals surface area contributed by atoms with Crippen LogP contribution in [0, 0.1) is 17.3 Å². The fourth-order valence-electron chi connectivity index (χ4n) is 5.38. The van der Waals surface area contributed by atoms with Crippen molar-refractivity contribution in [3.63, 3.8) is 0 Å². The number of hydrogen-bond acceptors (Lipinski definition) is 7. The SMILES string of the molecule is CC=C(C)C(=O)OC1CC(C)(O)C(O)C(OC(=O)C(C)=CC)C2(C)CCC(O)(C(C)C)C12. The summed E-state index contributed by atoms with van der Waals surface area (Å²) >= 11 is 0. The molecule has 7 unspecified atom stereocenters. The number of ether oxygens (including phenoxy) is 2. The zero-order valence-electron chi connectivity index (χ0n) is 20.6. The van der Waals surface area contributed by atoms with Gasteiger partial charge in [0.15, 0.2) is 0 Å². The Labute approximate surface area is 191 Å². The van der Waals surface area contributed by atoms with Gasteiger partial charge < -0.3 is 24.8 Å². The third kappa shape index (κ3) is 4.52. The molecular weight excluding hydrogens is 412 g/mol. The van der Waals surface area contributed by atoms with E-state index in [9.17, 15) is 24.9 Å². The molecule has 2 aliphatic carbocycles. The van der Waals surface area contributed by atoms with E-state index in [1.54, 1.807) is 39.8 Å². The van der Waals surface area contributed by atoms with Gasteiger partial charge in [0.05, 0.1) is 11.2 Å². The first-order valence-electron chi connectivity index (χ1n) is 11.5. The molecule has 0 bridgehead atoms. The Morgan fingerprint density at radius 1 is 0.969 bits per heavy atom. The minimum atomic E-state index is -1.71. The van der Waals surface area contributed by atoms with E-state index in [0.717, 1.165) is 0 Å². The van der Waals surface area contributed by atoms with Crippen molar-refractivity contribution in [1.82, 2.24) is 0 Å². The molecule has 2 fully saturated rings. The molecule has 0 aromatic heterocycles. The van der Waals surface area contributed by atoms with Gasteiger partial charge in [-0.05, 0) is 53.4 Å². The summed E-state index contributed by atoms with van der Waals surface area (Å²) in [6.45, 7) is 13.8. The van der Waals surface area contributed by atoms with Gasteiger partial charge in [0.25, 0.3) is 0 Å². The Bertz CT molecular complexity index is 796. The van der Waals surface area contributed by atoms with Crippen LogP contribution in [0.2, 0.25) is 0 Å². The highest BCUT2D eigenvalue weighted by Crippen LogP contribution is 2.60. The van der Waals surface area contributed by atoms with E-state index >= 15 is 0 Å². The molecule has 0 saturated heterocycles. The normalized spacial score (nSPS) is 40.6. The van der Waals surface area contributed by atoms with Crippen LogP contribution in [-0.4, -0.2) is 56.8 Å². The van der Waals surface area contributed by atoms with E-state index in [2.05, 4.69) is 0 Å². The quantitative estimate of drug-likeness (QED) is 0.434. The first-order valence-corrected chi connectivity index (χ1v) is 11.5. The second kappa shape index (κ2) is 9.27. The van der Waals surface area contributed by atoms with E-state index in [-0.39, 0.29) is 12.3 Å². The number of hydrogen-bond donors (Lipinski definition) is 3. The number of carbonyl (C=O) groups excluding carboxylic acids is 2. The standard InChI is InChI=1S/C25H40O7/c1-9-15(5)21(27)31-17-13-24(8,29)19(26)20(32-22(28)16(6)10-2)23(7)11-12-25(30,14(3)4)18(17)23/h9-10,14,17-20,26,29-30H,11-13H2,1-8H3. The summed E-state index contributed by atoms with van der Waals surface area (Å²) in [5.41, 5.74) is -3.09. The largest absolute Gasteiger partial charge is 0.458 e. The van der Waals surface area contributed by atoms with Gasteiger partial charge in [0, 0.05) is 28.9 Å². The number of allylic oxidation sites excluding steroid dienone is 2. The fraction of sp³-hybridized carbons (Fsp3) is 0.760. The van der Waals surface area contributed by atoms with Gasteiger partial charge in [0.2, 0.25) is 0 Å². The zero-order chi connectivity index (χ0) is 24.6. The molecule has 0 aromatic carbocycles. The van der Waals surface area contributed by atoms with Crippen LogP contribution in [-0.2, 0) is 19.1 Å². The number of aliphatic hydroxyl groups excluding tert-OH is 1. The van der Waals surface area contributed by atoms with Gasteiger partial charge in [-0.2, -0.15) is 0 Å². The molecule has 182 valence electrons. The molecule has 7 nitrogen and oxygen atoms in total. The first-order chi connectivity index (χ1) is 14.7. The van der Waals surface area contributed by atoms with Crippen molar-refractivity contribution in [1.29, 1.82) is 0 Å². The van der Waals surface area contributed by atoms with Gasteiger partial charge in [-0.1, -0.05) is 32.9 Å². The van der Waals surface area contributed by atoms with Gasteiger partial charge >= 0.3 is 11.9 Å². The van der Waals surface area contributed by atoms with Gasteiger partial charge in [-0.15, -0.1) is 0 Å². The van der Waals surface area contributed by atoms with Crippen LogP contribution in [0.3, 0.4) is 0 Å². The van der Waals surface area contributed by atoms with Crippen LogP contribution >= 0.6 is 0 Å². The molecule has 2 rings (SSSR count). The van der Waals surface area contributed by atoms with Crippen molar-refractivity contribution in [2.45, 2.75) is 104 Å². The molecule has 0 spiro atoms. The van der Waals surface area contributed by atoms with Crippen LogP contribution in [0.5, 0.6) is 0 Å². The zero-order valence-corrected chi connectivity index (χ0v) is 20.6. The number of aliphatic hydroxyl groups is 3. The molecular formula is C25H40O7. The minimum Gasteiger partial charge on any atom is -0.458 e. The van der Waals surface area contributed by atoms with E-state index in [0.29, 0.717) is 24.0 Å². The molecule has 0 aromatic rings. The van der Waals surface area contributed by atoms with Crippen LogP contribution in [0.25, 0.3) is 0 Å². The maximum atomic E-state index is 12.7. The van der Waals surface area contributed by atoms with E-state index < -0.39 is 52.8 Å². The topological polar surface area (TPSA) is 113 Å². The first kappa shape index (κ1) is 26.6. The summed E-state index contributed by atoms with van der Waals surface area (Å²) in [5.74, 6) is -1.97. The van der Waals surface area contributed by atoms with Crippen molar-refractivity contribution >= 4 is 11.9 Å². The lowest BCUT2D eigenvalue weighted by Crippen LogP contribution is -2.55. The van der Waals surface area contributed by atoms with Crippen molar-refractivity contribution in [3.8, 4) is 0 Å². The summed E-state index contributed by atoms with van der Waals surface area (Å²) < 4.78 is 11.7. The second-order valence-corrected chi connectivity index (χ2v) is 10.3. The molecule has 0 heterocycles. The van der Waals surface area contributed by atoms with Crippen LogP contribution < -0.4 is 0 Å². The van der Waals surface area contributed by atoms with E-state index in [4.69, 9.17) is 9.47 Å². The number of fused-ring (bicyclic) bond motifs is 1. The smallest absolute Gasteiger partial charge is 0.333 e. The summed E-state index contributed by atoms with van der Waals surface area (Å²) in [4.78, 5) is 25.4. The van der Waals surface area contributed by atoms with Crippen LogP contribution in [0.4, 0.5) is 0 Å². The van der Waals surface area contributed by atoms with Crippen molar-refractivity contribution in [2.75, 3.05) is 0 Å². The lowest BCUT2D eigenvalue weighted by molar-refractivity contribution is -0.187. The summed E-state index contributed by atoms with van der Waals surface area (Å²) in [5, 5.41) is 34.2. The van der Waals surface area contributed by atoms with Crippen molar-refractivity contribution in [2.24, 2.45) is 17.3 Å². The van der Waals surface area contributed by atoms with Crippen molar-refractivity contribution in [3.05, 3.63) is 23.3 Å². The molecule has 0 amide bonds. The predicted octanol–water partition coefficient (Wildman–Crippen LogP) is 3.06. The Kier molecular flexibility index (Phi) is 7.70. The third-order valence-corrected chi connectivity index (χ3v) is 7.88. The molecule has 3 N–H and O–H groups in total. The lowest BCUT2D eigenvalue weighted by atomic mass is 9.66. The Balaban J connectivity index is 2.65. The lowest BCUT2D eigenvalue weighted by Gasteiger charge is -2.45. The van der Waals surface area contributed by atoms with Crippen LogP contribution in [0.1, 0.15) is 74.7 Å². The number of carbonyl (C=O) groups is 2. The fourth-order valence-corrected chi connectivity index (χ4v) is 5.38. The molecule has 0 radical (unpaired) electrons. The molecule has 2 aliphatic rings.